The van der Waals surface area contributed by atoms with Crippen molar-refractivity contribution < 1.29 is 4.39 Å². The SMILES string of the molecule is C=CC(C)(CNC1CC1)Cc1ccc(F)cc1C. The van der Waals surface area contributed by atoms with Crippen molar-refractivity contribution in [3.8, 4) is 0 Å². The molecule has 1 aliphatic rings. The van der Waals surface area contributed by atoms with Crippen LogP contribution in [0.2, 0.25) is 0 Å². The molecule has 0 aromatic heterocycles. The van der Waals surface area contributed by atoms with Crippen molar-refractivity contribution in [2.45, 2.75) is 39.2 Å². The lowest BCUT2D eigenvalue weighted by atomic mass is 9.82. The topological polar surface area (TPSA) is 12.0 Å². The molecule has 1 aromatic carbocycles. The molecule has 0 radical (unpaired) electrons. The average Bonchev–Trinajstić information content (AvgIpc) is 3.14. The maximum absolute atomic E-state index is 13.1. The van der Waals surface area contributed by atoms with Crippen molar-refractivity contribution in [2.75, 3.05) is 6.54 Å². The second-order valence-corrected chi connectivity index (χ2v) is 5.76. The van der Waals surface area contributed by atoms with Gasteiger partial charge in [0.1, 0.15) is 5.82 Å². The monoisotopic (exact) mass is 247 g/mol. The molecule has 1 atom stereocenters. The van der Waals surface area contributed by atoms with Crippen LogP contribution in [0.15, 0.2) is 30.9 Å². The van der Waals surface area contributed by atoms with Gasteiger partial charge >= 0.3 is 0 Å². The molecule has 2 heteroatoms. The van der Waals surface area contributed by atoms with Gasteiger partial charge in [0.15, 0.2) is 0 Å². The summed E-state index contributed by atoms with van der Waals surface area (Å²) in [6.45, 7) is 9.08. The normalized spacial score (nSPS) is 18.4. The van der Waals surface area contributed by atoms with Gasteiger partial charge in [0.2, 0.25) is 0 Å². The first kappa shape index (κ1) is 13.3. The number of benzene rings is 1. The van der Waals surface area contributed by atoms with E-state index in [1.807, 2.05) is 19.1 Å². The second-order valence-electron chi connectivity index (χ2n) is 5.76. The van der Waals surface area contributed by atoms with Gasteiger partial charge < -0.3 is 5.32 Å². The van der Waals surface area contributed by atoms with Gasteiger partial charge in [0, 0.05) is 18.0 Å². The first-order valence-corrected chi connectivity index (χ1v) is 6.64. The van der Waals surface area contributed by atoms with Gasteiger partial charge in [-0.25, -0.2) is 4.39 Å². The highest BCUT2D eigenvalue weighted by molar-refractivity contribution is 5.28. The Balaban J connectivity index is 2.05. The zero-order valence-corrected chi connectivity index (χ0v) is 11.3. The highest BCUT2D eigenvalue weighted by Gasteiger charge is 2.27. The van der Waals surface area contributed by atoms with E-state index in [1.54, 1.807) is 12.1 Å². The summed E-state index contributed by atoms with van der Waals surface area (Å²) in [5.41, 5.74) is 2.26. The smallest absolute Gasteiger partial charge is 0.123 e. The fourth-order valence-electron chi connectivity index (χ4n) is 2.16. The highest BCUT2D eigenvalue weighted by Crippen LogP contribution is 2.27. The Bertz CT molecular complexity index is 437. The van der Waals surface area contributed by atoms with E-state index in [-0.39, 0.29) is 11.2 Å². The van der Waals surface area contributed by atoms with Crippen LogP contribution in [0.5, 0.6) is 0 Å². The Hall–Kier alpha value is -1.15. The van der Waals surface area contributed by atoms with Gasteiger partial charge in [-0.15, -0.1) is 6.58 Å². The quantitative estimate of drug-likeness (QED) is 0.757. The highest BCUT2D eigenvalue weighted by atomic mass is 19.1. The van der Waals surface area contributed by atoms with E-state index >= 15 is 0 Å². The maximum Gasteiger partial charge on any atom is 0.123 e. The molecule has 0 bridgehead atoms. The Morgan fingerprint density at radius 2 is 2.22 bits per heavy atom. The number of rotatable bonds is 6. The van der Waals surface area contributed by atoms with Crippen LogP contribution < -0.4 is 5.32 Å². The van der Waals surface area contributed by atoms with E-state index in [1.165, 1.54) is 18.4 Å². The Morgan fingerprint density at radius 1 is 1.50 bits per heavy atom. The van der Waals surface area contributed by atoms with Crippen molar-refractivity contribution in [2.24, 2.45) is 5.41 Å². The summed E-state index contributed by atoms with van der Waals surface area (Å²) in [6, 6.07) is 5.75. The van der Waals surface area contributed by atoms with Gasteiger partial charge in [-0.3, -0.25) is 0 Å². The van der Waals surface area contributed by atoms with Crippen LogP contribution >= 0.6 is 0 Å². The number of hydrogen-bond acceptors (Lipinski definition) is 1. The van der Waals surface area contributed by atoms with Crippen molar-refractivity contribution >= 4 is 0 Å². The van der Waals surface area contributed by atoms with Crippen LogP contribution in [0, 0.1) is 18.2 Å². The van der Waals surface area contributed by atoms with E-state index < -0.39 is 0 Å². The zero-order valence-electron chi connectivity index (χ0n) is 11.3. The average molecular weight is 247 g/mol. The van der Waals surface area contributed by atoms with Crippen LogP contribution in [0.25, 0.3) is 0 Å². The molecule has 0 amide bonds. The standard InChI is InChI=1S/C16H22FN/c1-4-16(3,11-18-15-7-8-15)10-13-5-6-14(17)9-12(13)2/h4-6,9,15,18H,1,7-8,10-11H2,2-3H3. The Kier molecular flexibility index (Phi) is 3.86. The third-order valence-electron chi connectivity index (χ3n) is 3.76. The third kappa shape index (κ3) is 3.42. The van der Waals surface area contributed by atoms with E-state index in [0.717, 1.165) is 18.5 Å². The fourth-order valence-corrected chi connectivity index (χ4v) is 2.16. The molecule has 0 heterocycles. The molecule has 1 saturated carbocycles. The van der Waals surface area contributed by atoms with Crippen molar-refractivity contribution in [1.82, 2.24) is 5.32 Å². The summed E-state index contributed by atoms with van der Waals surface area (Å²) in [5, 5.41) is 3.55. The molecule has 1 fully saturated rings. The number of nitrogens with one attached hydrogen (secondary N) is 1. The first-order valence-electron chi connectivity index (χ1n) is 6.64. The summed E-state index contributed by atoms with van der Waals surface area (Å²) in [6.07, 6.45) is 5.51. The molecule has 0 spiro atoms. The predicted molar refractivity (Wildman–Crippen MR) is 74.2 cm³/mol. The molecule has 18 heavy (non-hydrogen) atoms. The summed E-state index contributed by atoms with van der Waals surface area (Å²) in [7, 11) is 0. The largest absolute Gasteiger partial charge is 0.313 e. The summed E-state index contributed by atoms with van der Waals surface area (Å²) in [4.78, 5) is 0. The lowest BCUT2D eigenvalue weighted by molar-refractivity contribution is 0.388. The molecule has 0 saturated heterocycles. The summed E-state index contributed by atoms with van der Waals surface area (Å²) < 4.78 is 13.1. The van der Waals surface area contributed by atoms with E-state index in [0.29, 0.717) is 6.04 Å². The van der Waals surface area contributed by atoms with E-state index in [4.69, 9.17) is 0 Å². The fraction of sp³-hybridized carbons (Fsp3) is 0.500. The lowest BCUT2D eigenvalue weighted by Crippen LogP contribution is -2.33. The van der Waals surface area contributed by atoms with Crippen LogP contribution in [0.3, 0.4) is 0 Å². The minimum Gasteiger partial charge on any atom is -0.313 e. The minimum atomic E-state index is -0.160. The minimum absolute atomic E-state index is 0.0329. The lowest BCUT2D eigenvalue weighted by Gasteiger charge is -2.27. The van der Waals surface area contributed by atoms with E-state index in [2.05, 4.69) is 18.8 Å². The number of halogens is 1. The third-order valence-corrected chi connectivity index (χ3v) is 3.76. The molecular weight excluding hydrogens is 225 g/mol. The van der Waals surface area contributed by atoms with E-state index in [9.17, 15) is 4.39 Å². The van der Waals surface area contributed by atoms with Crippen molar-refractivity contribution in [3.63, 3.8) is 0 Å². The van der Waals surface area contributed by atoms with Crippen LogP contribution in [-0.2, 0) is 6.42 Å². The Labute approximate surface area is 109 Å². The molecular formula is C16H22FN. The molecule has 1 nitrogen and oxygen atoms in total. The van der Waals surface area contributed by atoms with Gasteiger partial charge in [0.05, 0.1) is 0 Å². The van der Waals surface area contributed by atoms with Gasteiger partial charge in [-0.05, 0) is 49.4 Å². The zero-order chi connectivity index (χ0) is 13.2. The molecule has 1 unspecified atom stereocenters. The molecule has 1 aromatic rings. The van der Waals surface area contributed by atoms with Crippen LogP contribution in [0.4, 0.5) is 4.39 Å². The second kappa shape index (κ2) is 5.23. The molecule has 0 aliphatic heterocycles. The summed E-state index contributed by atoms with van der Waals surface area (Å²) >= 11 is 0. The Morgan fingerprint density at radius 3 is 2.78 bits per heavy atom. The van der Waals surface area contributed by atoms with Gasteiger partial charge in [0.25, 0.3) is 0 Å². The maximum atomic E-state index is 13.1. The number of aryl methyl sites for hydroxylation is 1. The summed E-state index contributed by atoms with van der Waals surface area (Å²) in [5.74, 6) is -0.160. The predicted octanol–water partition coefficient (Wildman–Crippen LogP) is 3.62. The van der Waals surface area contributed by atoms with Crippen LogP contribution in [-0.4, -0.2) is 12.6 Å². The van der Waals surface area contributed by atoms with Gasteiger partial charge in [-0.1, -0.05) is 19.1 Å². The van der Waals surface area contributed by atoms with Crippen LogP contribution in [0.1, 0.15) is 30.9 Å². The van der Waals surface area contributed by atoms with Gasteiger partial charge in [-0.2, -0.15) is 0 Å². The molecule has 1 aliphatic carbocycles. The molecule has 2 rings (SSSR count). The first-order chi connectivity index (χ1) is 8.52. The number of hydrogen-bond donors (Lipinski definition) is 1. The van der Waals surface area contributed by atoms with Crippen molar-refractivity contribution in [1.29, 1.82) is 0 Å². The molecule has 1 N–H and O–H groups in total. The van der Waals surface area contributed by atoms with Crippen molar-refractivity contribution in [3.05, 3.63) is 47.8 Å². The molecule has 98 valence electrons.